The average Bonchev–Trinajstić information content (AvgIpc) is 3.43. The number of aliphatic hydroxyl groups is 1. The number of amides is 1. The molecular weight excluding hydrogens is 546 g/mol. The fourth-order valence-electron chi connectivity index (χ4n) is 5.04. The number of benzene rings is 3. The van der Waals surface area contributed by atoms with Crippen LogP contribution in [0.4, 0.5) is 5.69 Å². The molecule has 0 radical (unpaired) electrons. The lowest BCUT2D eigenvalue weighted by Gasteiger charge is -2.38. The molecule has 1 amide bonds. The van der Waals surface area contributed by atoms with Gasteiger partial charge in [-0.05, 0) is 62.0 Å². The van der Waals surface area contributed by atoms with Crippen molar-refractivity contribution in [2.45, 2.75) is 37.4 Å². The van der Waals surface area contributed by atoms with Crippen LogP contribution in [-0.4, -0.2) is 74.9 Å². The Morgan fingerprint density at radius 3 is 2.54 bits per heavy atom. The van der Waals surface area contributed by atoms with Gasteiger partial charge in [0.25, 0.3) is 15.9 Å². The molecule has 41 heavy (non-hydrogen) atoms. The van der Waals surface area contributed by atoms with E-state index in [1.807, 2.05) is 32.2 Å². The van der Waals surface area contributed by atoms with E-state index in [9.17, 15) is 18.3 Å². The predicted octanol–water partition coefficient (Wildman–Crippen LogP) is 3.57. The minimum absolute atomic E-state index is 0.0587. The lowest BCUT2D eigenvalue weighted by molar-refractivity contribution is 0.0341. The van der Waals surface area contributed by atoms with E-state index < -0.39 is 16.1 Å². The summed E-state index contributed by atoms with van der Waals surface area (Å²) in [6.07, 6.45) is -0.291. The molecule has 10 nitrogen and oxygen atoms in total. The quantitative estimate of drug-likeness (QED) is 0.394. The van der Waals surface area contributed by atoms with Gasteiger partial charge in [-0.25, -0.2) is 8.42 Å². The van der Waals surface area contributed by atoms with E-state index in [2.05, 4.69) is 9.62 Å². The van der Waals surface area contributed by atoms with Gasteiger partial charge in [0, 0.05) is 31.2 Å². The van der Waals surface area contributed by atoms with Gasteiger partial charge in [0.2, 0.25) is 6.79 Å². The van der Waals surface area contributed by atoms with Crippen molar-refractivity contribution >= 4 is 21.6 Å². The summed E-state index contributed by atoms with van der Waals surface area (Å²) in [4.78, 5) is 17.6. The normalized spacial score (nSPS) is 19.2. The smallest absolute Gasteiger partial charge is 0.261 e. The molecule has 2 aliphatic rings. The van der Waals surface area contributed by atoms with Crippen LogP contribution in [0.25, 0.3) is 0 Å². The summed E-state index contributed by atoms with van der Waals surface area (Å²) in [6, 6.07) is 18.2. The number of nitrogens with one attached hydrogen (secondary N) is 1. The molecule has 2 aliphatic heterocycles. The SMILES string of the molecule is C[C@H](CO)N1C[C@H](C)[C@@H](CN(C)Cc2ccc3c(c2)OCO3)Oc2ccc(NS(=O)(=O)c3ccccc3)cc2C1=O. The number of aliphatic hydroxyl groups excluding tert-OH is 1. The van der Waals surface area contributed by atoms with Crippen LogP contribution >= 0.6 is 0 Å². The zero-order chi connectivity index (χ0) is 29.1. The Kier molecular flexibility index (Phi) is 8.39. The third kappa shape index (κ3) is 6.42. The Morgan fingerprint density at radius 1 is 1.05 bits per heavy atom. The first kappa shape index (κ1) is 28.7. The second-order valence-corrected chi connectivity index (χ2v) is 12.3. The van der Waals surface area contributed by atoms with E-state index in [1.54, 1.807) is 42.2 Å². The van der Waals surface area contributed by atoms with Gasteiger partial charge in [0.1, 0.15) is 11.9 Å². The van der Waals surface area contributed by atoms with Gasteiger partial charge >= 0.3 is 0 Å². The van der Waals surface area contributed by atoms with E-state index in [-0.39, 0.29) is 47.5 Å². The Balaban J connectivity index is 1.40. The highest BCUT2D eigenvalue weighted by molar-refractivity contribution is 7.92. The number of hydrogen-bond donors (Lipinski definition) is 2. The second-order valence-electron chi connectivity index (χ2n) is 10.6. The molecule has 3 aromatic carbocycles. The topological polar surface area (TPSA) is 118 Å². The van der Waals surface area contributed by atoms with Gasteiger partial charge in [-0.3, -0.25) is 14.4 Å². The first-order chi connectivity index (χ1) is 19.6. The Bertz CT molecular complexity index is 1500. The zero-order valence-corrected chi connectivity index (χ0v) is 24.1. The summed E-state index contributed by atoms with van der Waals surface area (Å²) in [6.45, 7) is 5.40. The number of carbonyl (C=O) groups excluding carboxylic acids is 1. The molecule has 5 rings (SSSR count). The minimum Gasteiger partial charge on any atom is -0.488 e. The Hall–Kier alpha value is -3.80. The van der Waals surface area contributed by atoms with Gasteiger partial charge in [-0.15, -0.1) is 0 Å². The molecule has 0 aromatic heterocycles. The lowest BCUT2D eigenvalue weighted by Crippen LogP contribution is -2.49. The third-order valence-corrected chi connectivity index (χ3v) is 8.75. The summed E-state index contributed by atoms with van der Waals surface area (Å²) in [5.41, 5.74) is 1.54. The van der Waals surface area contributed by atoms with Crippen molar-refractivity contribution in [3.8, 4) is 17.2 Å². The van der Waals surface area contributed by atoms with Gasteiger partial charge < -0.3 is 24.2 Å². The van der Waals surface area contributed by atoms with Crippen molar-refractivity contribution in [1.82, 2.24) is 9.80 Å². The number of sulfonamides is 1. The number of likely N-dealkylation sites (N-methyl/N-ethyl adjacent to an activating group) is 1. The summed E-state index contributed by atoms with van der Waals surface area (Å²) in [5.74, 6) is 1.43. The molecule has 11 heteroatoms. The van der Waals surface area contributed by atoms with Gasteiger partial charge in [0.15, 0.2) is 11.5 Å². The molecule has 0 aliphatic carbocycles. The van der Waals surface area contributed by atoms with Crippen LogP contribution in [0.5, 0.6) is 17.2 Å². The molecule has 2 heterocycles. The highest BCUT2D eigenvalue weighted by Crippen LogP contribution is 2.34. The second kappa shape index (κ2) is 12.0. The number of fused-ring (bicyclic) bond motifs is 2. The predicted molar refractivity (Wildman–Crippen MR) is 154 cm³/mol. The van der Waals surface area contributed by atoms with Crippen LogP contribution in [0.1, 0.15) is 29.8 Å². The first-order valence-corrected chi connectivity index (χ1v) is 15.0. The van der Waals surface area contributed by atoms with E-state index in [4.69, 9.17) is 14.2 Å². The van der Waals surface area contributed by atoms with Crippen molar-refractivity contribution in [3.63, 3.8) is 0 Å². The van der Waals surface area contributed by atoms with Gasteiger partial charge in [-0.1, -0.05) is 31.2 Å². The number of ether oxygens (including phenoxy) is 3. The molecule has 218 valence electrons. The van der Waals surface area contributed by atoms with Crippen LogP contribution in [0, 0.1) is 5.92 Å². The molecule has 0 saturated carbocycles. The lowest BCUT2D eigenvalue weighted by atomic mass is 9.99. The number of hydrogen-bond acceptors (Lipinski definition) is 8. The Labute approximate surface area is 240 Å². The number of rotatable bonds is 9. The Morgan fingerprint density at radius 2 is 1.78 bits per heavy atom. The number of carbonyl (C=O) groups is 1. The van der Waals surface area contributed by atoms with Gasteiger partial charge in [-0.2, -0.15) is 0 Å². The van der Waals surface area contributed by atoms with Crippen molar-refractivity contribution in [3.05, 3.63) is 77.9 Å². The molecule has 2 N–H and O–H groups in total. The third-order valence-electron chi connectivity index (χ3n) is 7.35. The monoisotopic (exact) mass is 581 g/mol. The fourth-order valence-corrected chi connectivity index (χ4v) is 6.11. The van der Waals surface area contributed by atoms with Crippen LogP contribution in [0.3, 0.4) is 0 Å². The summed E-state index contributed by atoms with van der Waals surface area (Å²) < 4.78 is 45.8. The van der Waals surface area contributed by atoms with E-state index in [0.29, 0.717) is 25.4 Å². The van der Waals surface area contributed by atoms with Crippen LogP contribution < -0.4 is 18.9 Å². The standard InChI is InChI=1S/C30H35N3O7S/c1-20-15-33(21(2)18-34)30(35)25-14-23(31-41(36,37)24-7-5-4-6-8-24)10-12-26(25)40-29(20)17-32(3)16-22-9-11-27-28(13-22)39-19-38-27/h4-14,20-21,29,31,34H,15-19H2,1-3H3/t20-,21+,29+/m0/s1. The molecule has 0 spiro atoms. The number of nitrogens with zero attached hydrogens (tertiary/aromatic N) is 2. The van der Waals surface area contributed by atoms with Crippen molar-refractivity contribution in [1.29, 1.82) is 0 Å². The van der Waals surface area contributed by atoms with Crippen LogP contribution in [0.15, 0.2) is 71.6 Å². The highest BCUT2D eigenvalue weighted by Gasteiger charge is 2.34. The van der Waals surface area contributed by atoms with Gasteiger partial charge in [0.05, 0.1) is 23.1 Å². The average molecular weight is 582 g/mol. The molecule has 0 fully saturated rings. The maximum atomic E-state index is 13.7. The summed E-state index contributed by atoms with van der Waals surface area (Å²) in [7, 11) is -1.86. The summed E-state index contributed by atoms with van der Waals surface area (Å²) in [5, 5.41) is 9.93. The minimum atomic E-state index is -3.86. The van der Waals surface area contributed by atoms with E-state index in [0.717, 1.165) is 17.1 Å². The zero-order valence-electron chi connectivity index (χ0n) is 23.3. The molecule has 0 unspecified atom stereocenters. The number of anilines is 1. The van der Waals surface area contributed by atoms with E-state index >= 15 is 0 Å². The summed E-state index contributed by atoms with van der Waals surface area (Å²) >= 11 is 0. The maximum absolute atomic E-state index is 13.7. The van der Waals surface area contributed by atoms with Crippen molar-refractivity contribution in [2.24, 2.45) is 5.92 Å². The highest BCUT2D eigenvalue weighted by atomic mass is 32.2. The van der Waals surface area contributed by atoms with Crippen LogP contribution in [0.2, 0.25) is 0 Å². The largest absolute Gasteiger partial charge is 0.488 e. The molecule has 0 saturated heterocycles. The molecular formula is C30H35N3O7S. The van der Waals surface area contributed by atoms with Crippen molar-refractivity contribution in [2.75, 3.05) is 38.3 Å². The molecule has 0 bridgehead atoms. The fraction of sp³-hybridized carbons (Fsp3) is 0.367. The van der Waals surface area contributed by atoms with Crippen LogP contribution in [-0.2, 0) is 16.6 Å². The first-order valence-electron chi connectivity index (χ1n) is 13.5. The molecule has 3 aromatic rings. The molecule has 3 atom stereocenters. The van der Waals surface area contributed by atoms with E-state index in [1.165, 1.54) is 18.2 Å². The maximum Gasteiger partial charge on any atom is 0.261 e. The van der Waals surface area contributed by atoms with Crippen molar-refractivity contribution < 1.29 is 32.5 Å².